The number of rotatable bonds is 2. The van der Waals surface area contributed by atoms with E-state index in [0.717, 1.165) is 47.6 Å². The fraction of sp³-hybridized carbons (Fsp3) is 0.273. The molecule has 1 aromatic carbocycles. The van der Waals surface area contributed by atoms with Crippen LogP contribution in [0.5, 0.6) is 0 Å². The molecule has 2 bridgehead atoms. The molecule has 2 aromatic heterocycles. The van der Waals surface area contributed by atoms with Crippen LogP contribution in [-0.2, 0) is 6.42 Å². The van der Waals surface area contributed by atoms with E-state index in [1.165, 1.54) is 0 Å². The standard InChI is InChI=1S/C22H20N4O/c1-14-7-8-16(12-23-14)22(27)26-17-9-10-20(26)18-13-24-21(25-19(18)11-17)15-5-3-2-4-6-15/h2-8,12-13,17,20H,9-11H2,1H3/t17-,20+/m0/s1. The van der Waals surface area contributed by atoms with Crippen LogP contribution in [0.25, 0.3) is 11.4 Å². The summed E-state index contributed by atoms with van der Waals surface area (Å²) in [5.41, 5.74) is 4.78. The normalized spacial score (nSPS) is 20.4. The van der Waals surface area contributed by atoms with Crippen LogP contribution >= 0.6 is 0 Å². The molecule has 0 aliphatic carbocycles. The van der Waals surface area contributed by atoms with Crippen molar-refractivity contribution in [2.24, 2.45) is 0 Å². The summed E-state index contributed by atoms with van der Waals surface area (Å²) in [6, 6.07) is 14.1. The summed E-state index contributed by atoms with van der Waals surface area (Å²) >= 11 is 0. The molecule has 1 fully saturated rings. The third-order valence-corrected chi connectivity index (χ3v) is 5.62. The quantitative estimate of drug-likeness (QED) is 0.702. The lowest BCUT2D eigenvalue weighted by Gasteiger charge is -2.35. The molecular formula is C22H20N4O. The van der Waals surface area contributed by atoms with E-state index in [1.807, 2.05) is 60.5 Å². The van der Waals surface area contributed by atoms with Crippen molar-refractivity contribution in [3.63, 3.8) is 0 Å². The van der Waals surface area contributed by atoms with Gasteiger partial charge in [-0.25, -0.2) is 9.97 Å². The Kier molecular flexibility index (Phi) is 3.74. The second-order valence-corrected chi connectivity index (χ2v) is 7.31. The Morgan fingerprint density at radius 3 is 2.67 bits per heavy atom. The highest BCUT2D eigenvalue weighted by molar-refractivity contribution is 5.94. The maximum absolute atomic E-state index is 13.1. The first-order valence-electron chi connectivity index (χ1n) is 9.37. The summed E-state index contributed by atoms with van der Waals surface area (Å²) in [5, 5.41) is 0. The SMILES string of the molecule is Cc1ccc(C(=O)N2[C@H]3CC[C@@H]2c2cnc(-c4ccccc4)nc2C3)cn1. The molecule has 0 radical (unpaired) electrons. The van der Waals surface area contributed by atoms with Crippen LogP contribution in [0, 0.1) is 6.92 Å². The number of aromatic nitrogens is 3. The molecule has 5 nitrogen and oxygen atoms in total. The molecule has 4 heterocycles. The second kappa shape index (κ2) is 6.27. The first-order chi connectivity index (χ1) is 13.2. The molecule has 27 heavy (non-hydrogen) atoms. The molecule has 1 saturated heterocycles. The van der Waals surface area contributed by atoms with Gasteiger partial charge in [-0.2, -0.15) is 0 Å². The van der Waals surface area contributed by atoms with E-state index in [1.54, 1.807) is 6.20 Å². The Hall–Kier alpha value is -3.08. The zero-order chi connectivity index (χ0) is 18.4. The van der Waals surface area contributed by atoms with E-state index in [-0.39, 0.29) is 18.0 Å². The Morgan fingerprint density at radius 2 is 1.89 bits per heavy atom. The highest BCUT2D eigenvalue weighted by atomic mass is 16.2. The summed E-state index contributed by atoms with van der Waals surface area (Å²) in [6.07, 6.45) is 6.37. The highest BCUT2D eigenvalue weighted by Crippen LogP contribution is 2.43. The van der Waals surface area contributed by atoms with Crippen molar-refractivity contribution >= 4 is 5.91 Å². The van der Waals surface area contributed by atoms with Gasteiger partial charge < -0.3 is 4.90 Å². The van der Waals surface area contributed by atoms with E-state index in [2.05, 4.69) is 9.97 Å². The van der Waals surface area contributed by atoms with Gasteiger partial charge >= 0.3 is 0 Å². The van der Waals surface area contributed by atoms with Gasteiger partial charge in [0, 0.05) is 41.7 Å². The minimum atomic E-state index is 0.0628. The van der Waals surface area contributed by atoms with Crippen molar-refractivity contribution in [2.45, 2.75) is 38.3 Å². The lowest BCUT2D eigenvalue weighted by molar-refractivity contribution is 0.0643. The van der Waals surface area contributed by atoms with Gasteiger partial charge in [-0.05, 0) is 31.9 Å². The van der Waals surface area contributed by atoms with Crippen molar-refractivity contribution in [3.8, 4) is 11.4 Å². The van der Waals surface area contributed by atoms with Gasteiger partial charge in [0.05, 0.1) is 17.3 Å². The number of amides is 1. The van der Waals surface area contributed by atoms with Crippen LogP contribution in [0.3, 0.4) is 0 Å². The molecule has 5 heteroatoms. The third kappa shape index (κ3) is 2.70. The fourth-order valence-electron chi connectivity index (χ4n) is 4.26. The zero-order valence-electron chi connectivity index (χ0n) is 15.2. The summed E-state index contributed by atoms with van der Waals surface area (Å²) in [4.78, 5) is 28.9. The molecule has 0 spiro atoms. The van der Waals surface area contributed by atoms with Gasteiger partial charge in [0.25, 0.3) is 5.91 Å². The number of benzene rings is 1. The van der Waals surface area contributed by atoms with Gasteiger partial charge in [0.1, 0.15) is 0 Å². The lowest BCUT2D eigenvalue weighted by atomic mass is 9.98. The number of nitrogens with zero attached hydrogens (tertiary/aromatic N) is 4. The van der Waals surface area contributed by atoms with Gasteiger partial charge in [0.15, 0.2) is 5.82 Å². The maximum atomic E-state index is 13.1. The molecule has 2 aliphatic rings. The van der Waals surface area contributed by atoms with Crippen LogP contribution in [0.1, 0.15) is 46.2 Å². The van der Waals surface area contributed by atoms with E-state index in [4.69, 9.17) is 4.98 Å². The van der Waals surface area contributed by atoms with Crippen LogP contribution in [0.15, 0.2) is 54.9 Å². The summed E-state index contributed by atoms with van der Waals surface area (Å²) in [6.45, 7) is 1.93. The van der Waals surface area contributed by atoms with Gasteiger partial charge in [-0.3, -0.25) is 9.78 Å². The van der Waals surface area contributed by atoms with Crippen molar-refractivity contribution in [1.29, 1.82) is 0 Å². The molecule has 134 valence electrons. The molecule has 5 rings (SSSR count). The predicted octanol–water partition coefficient (Wildman–Crippen LogP) is 3.75. The third-order valence-electron chi connectivity index (χ3n) is 5.62. The highest BCUT2D eigenvalue weighted by Gasteiger charge is 2.43. The minimum absolute atomic E-state index is 0.0628. The number of aryl methyl sites for hydroxylation is 1. The Labute approximate surface area is 158 Å². The topological polar surface area (TPSA) is 59.0 Å². The summed E-state index contributed by atoms with van der Waals surface area (Å²) in [5.74, 6) is 0.823. The molecule has 0 unspecified atom stereocenters. The number of hydrogen-bond acceptors (Lipinski definition) is 4. The fourth-order valence-corrected chi connectivity index (χ4v) is 4.26. The molecule has 1 amide bonds. The second-order valence-electron chi connectivity index (χ2n) is 7.31. The minimum Gasteiger partial charge on any atom is -0.328 e. The first kappa shape index (κ1) is 16.1. The number of carbonyl (C=O) groups is 1. The van der Waals surface area contributed by atoms with E-state index in [9.17, 15) is 4.79 Å². The van der Waals surface area contributed by atoms with Crippen LogP contribution in [-0.4, -0.2) is 31.8 Å². The Balaban J connectivity index is 1.49. The van der Waals surface area contributed by atoms with Crippen LogP contribution in [0.2, 0.25) is 0 Å². The number of fused-ring (bicyclic) bond motifs is 4. The molecular weight excluding hydrogens is 336 g/mol. The van der Waals surface area contributed by atoms with E-state index < -0.39 is 0 Å². The monoisotopic (exact) mass is 356 g/mol. The average Bonchev–Trinajstić information content (AvgIpc) is 3.03. The number of hydrogen-bond donors (Lipinski definition) is 0. The van der Waals surface area contributed by atoms with E-state index >= 15 is 0 Å². The maximum Gasteiger partial charge on any atom is 0.256 e. The lowest BCUT2D eigenvalue weighted by Crippen LogP contribution is -2.42. The largest absolute Gasteiger partial charge is 0.328 e. The molecule has 0 N–H and O–H groups in total. The Morgan fingerprint density at radius 1 is 1.04 bits per heavy atom. The smallest absolute Gasteiger partial charge is 0.256 e. The number of carbonyl (C=O) groups excluding carboxylic acids is 1. The summed E-state index contributed by atoms with van der Waals surface area (Å²) < 4.78 is 0. The predicted molar refractivity (Wildman–Crippen MR) is 102 cm³/mol. The first-order valence-corrected chi connectivity index (χ1v) is 9.37. The van der Waals surface area contributed by atoms with Crippen molar-refractivity contribution < 1.29 is 4.79 Å². The average molecular weight is 356 g/mol. The van der Waals surface area contributed by atoms with Crippen LogP contribution < -0.4 is 0 Å². The van der Waals surface area contributed by atoms with Crippen LogP contribution in [0.4, 0.5) is 0 Å². The van der Waals surface area contributed by atoms with Crippen molar-refractivity contribution in [1.82, 2.24) is 19.9 Å². The van der Waals surface area contributed by atoms with Gasteiger partial charge in [-0.15, -0.1) is 0 Å². The number of pyridine rings is 1. The molecule has 2 atom stereocenters. The molecule has 2 aliphatic heterocycles. The van der Waals surface area contributed by atoms with Crippen molar-refractivity contribution in [3.05, 3.63) is 77.4 Å². The summed E-state index contributed by atoms with van der Waals surface area (Å²) in [7, 11) is 0. The van der Waals surface area contributed by atoms with Crippen molar-refractivity contribution in [2.75, 3.05) is 0 Å². The molecule has 0 saturated carbocycles. The van der Waals surface area contributed by atoms with Gasteiger partial charge in [-0.1, -0.05) is 30.3 Å². The Bertz CT molecular complexity index is 1000. The zero-order valence-corrected chi connectivity index (χ0v) is 15.2. The van der Waals surface area contributed by atoms with E-state index in [0.29, 0.717) is 5.56 Å². The van der Waals surface area contributed by atoms with Gasteiger partial charge in [0.2, 0.25) is 0 Å². The molecule has 3 aromatic rings.